The van der Waals surface area contributed by atoms with Gasteiger partial charge < -0.3 is 54.8 Å². The highest BCUT2D eigenvalue weighted by atomic mass is 32.2. The predicted molar refractivity (Wildman–Crippen MR) is 295 cm³/mol. The highest BCUT2D eigenvalue weighted by Gasteiger charge is 2.44. The molecule has 10 atom stereocenters. The second-order valence-electron chi connectivity index (χ2n) is 21.4. The summed E-state index contributed by atoms with van der Waals surface area (Å²) in [6.45, 7) is 13.3. The van der Waals surface area contributed by atoms with Crippen LogP contribution in [-0.4, -0.2) is 227 Å². The zero-order valence-corrected chi connectivity index (χ0v) is 48.5. The van der Waals surface area contributed by atoms with Crippen molar-refractivity contribution in [3.63, 3.8) is 0 Å². The molecule has 1 unspecified atom stereocenters. The molecular formula is C55H87N9O13S. The summed E-state index contributed by atoms with van der Waals surface area (Å²) >= 11 is 1.04. The van der Waals surface area contributed by atoms with Gasteiger partial charge in [0, 0.05) is 107 Å². The summed E-state index contributed by atoms with van der Waals surface area (Å²) < 4.78 is 12.0. The van der Waals surface area contributed by atoms with Crippen molar-refractivity contribution in [2.24, 2.45) is 22.7 Å². The first kappa shape index (κ1) is 64.7. The van der Waals surface area contributed by atoms with Crippen LogP contribution in [0.15, 0.2) is 35.3 Å². The number of aliphatic carboxylic acids is 2. The van der Waals surface area contributed by atoms with Crippen LogP contribution in [0.25, 0.3) is 0 Å². The van der Waals surface area contributed by atoms with Gasteiger partial charge in [0.2, 0.25) is 41.4 Å². The topological polar surface area (TPSA) is 268 Å². The largest absolute Gasteiger partial charge is 0.480 e. The van der Waals surface area contributed by atoms with Gasteiger partial charge in [-0.05, 0) is 43.1 Å². The lowest BCUT2D eigenvalue weighted by molar-refractivity contribution is -0.147. The van der Waals surface area contributed by atoms with Crippen LogP contribution < -0.4 is 10.6 Å². The molecule has 4 N–H and O–H groups in total. The molecule has 3 aliphatic heterocycles. The fourth-order valence-corrected chi connectivity index (χ4v) is 11.8. The summed E-state index contributed by atoms with van der Waals surface area (Å²) in [5.41, 5.74) is 0.767. The minimum Gasteiger partial charge on any atom is -0.480 e. The van der Waals surface area contributed by atoms with Crippen LogP contribution in [0.2, 0.25) is 0 Å². The van der Waals surface area contributed by atoms with E-state index in [2.05, 4.69) is 15.5 Å². The smallest absolute Gasteiger partial charge is 0.327 e. The average Bonchev–Trinajstić information content (AvgIpc) is 3.99. The molecule has 1 aromatic rings. The molecule has 1 aromatic carbocycles. The van der Waals surface area contributed by atoms with Crippen molar-refractivity contribution >= 4 is 71.0 Å². The molecule has 78 heavy (non-hydrogen) atoms. The number of nitrogens with zero attached hydrogens (tertiary/aromatic N) is 7. The number of hydrogen-bond donors (Lipinski definition) is 4. The van der Waals surface area contributed by atoms with Crippen LogP contribution in [0.5, 0.6) is 0 Å². The number of carboxylic acid groups (broad SMARTS) is 2. The number of rotatable bonds is 29. The number of ether oxygens (including phenoxy) is 2. The highest BCUT2D eigenvalue weighted by molar-refractivity contribution is 8.00. The summed E-state index contributed by atoms with van der Waals surface area (Å²) in [7, 11) is 8.50. The molecule has 0 aliphatic carbocycles. The number of methoxy groups -OCH3 is 2. The van der Waals surface area contributed by atoms with Gasteiger partial charge in [-0.3, -0.25) is 38.5 Å². The van der Waals surface area contributed by atoms with Gasteiger partial charge >= 0.3 is 11.9 Å². The van der Waals surface area contributed by atoms with Crippen LogP contribution in [-0.2, 0) is 59.0 Å². The number of thioether (sulfide) groups is 1. The second-order valence-corrected chi connectivity index (χ2v) is 22.6. The van der Waals surface area contributed by atoms with E-state index in [4.69, 9.17) is 14.5 Å². The molecule has 3 aliphatic rings. The molecule has 0 saturated carbocycles. The van der Waals surface area contributed by atoms with Crippen molar-refractivity contribution in [1.29, 1.82) is 0 Å². The molecule has 23 heteroatoms. The molecule has 436 valence electrons. The van der Waals surface area contributed by atoms with Gasteiger partial charge in [-0.25, -0.2) is 14.6 Å². The lowest BCUT2D eigenvalue weighted by atomic mass is 9.89. The Bertz CT molecular complexity index is 2250. The summed E-state index contributed by atoms with van der Waals surface area (Å²) in [6.07, 6.45) is 2.55. The number of unbranched alkanes of at least 4 members (excludes halogenated alkanes) is 2. The number of likely N-dealkylation sites (N-methyl/N-ethyl adjacent to an activating group) is 1. The maximum atomic E-state index is 14.8. The molecule has 22 nitrogen and oxygen atoms in total. The van der Waals surface area contributed by atoms with Gasteiger partial charge in [0.15, 0.2) is 5.96 Å². The van der Waals surface area contributed by atoms with E-state index >= 15 is 0 Å². The number of imide groups is 1. The van der Waals surface area contributed by atoms with Crippen molar-refractivity contribution in [2.45, 2.75) is 153 Å². The Morgan fingerprint density at radius 3 is 2.04 bits per heavy atom. The van der Waals surface area contributed by atoms with E-state index in [0.29, 0.717) is 83.6 Å². The van der Waals surface area contributed by atoms with E-state index in [0.717, 1.165) is 17.3 Å². The molecule has 4 rings (SSSR count). The number of nitrogens with one attached hydrogen (secondary N) is 2. The molecular weight excluding hydrogens is 1030 g/mol. The number of aliphatic imine (C=N–C) groups is 1. The van der Waals surface area contributed by atoms with Crippen LogP contribution in [0.3, 0.4) is 0 Å². The predicted octanol–water partition coefficient (Wildman–Crippen LogP) is 2.82. The monoisotopic (exact) mass is 1110 g/mol. The molecule has 0 aromatic heterocycles. The summed E-state index contributed by atoms with van der Waals surface area (Å²) in [6, 6.07) is 4.95. The molecule has 7 amide bonds. The van der Waals surface area contributed by atoms with E-state index in [1.54, 1.807) is 43.0 Å². The Kier molecular flexibility index (Phi) is 25.8. The standard InChI is InChI=1S/C55H87N9O13S/c1-12-35(4)48(42(76-10)31-45(67)63-25-19-22-41(63)49(77-11)36(5)50(69)57-39(53(72)73)30-38-20-15-13-16-21-38)60(9)52(71)47(34(2)3)58-55(59(7)8)62-28-26-61(27-29-62)44(66)23-17-14-18-24-64-46(68)32-43(51(64)70)78-33-40(54(74)75)56-37(6)65/h13,15-16,20-21,34-36,39-43,47-49H,12,14,17-19,22-33H2,1-11H3,(H,56,65)(H,57,69)(H,72,73)(H,74,75)/b58-55-/t35-,36+,39-,40-,41-,42-,43?,47-,48-,49+/m0/s1. The number of benzene rings is 1. The maximum absolute atomic E-state index is 14.8. The lowest BCUT2D eigenvalue weighted by Gasteiger charge is -2.41. The highest BCUT2D eigenvalue weighted by Crippen LogP contribution is 2.31. The average molecular weight is 1110 g/mol. The fraction of sp³-hybridized carbons (Fsp3) is 0.709. The van der Waals surface area contributed by atoms with E-state index in [9.17, 15) is 53.4 Å². The van der Waals surface area contributed by atoms with Crippen LogP contribution in [0.4, 0.5) is 0 Å². The first-order valence-corrected chi connectivity index (χ1v) is 28.4. The molecule has 0 bridgehead atoms. The number of carbonyl (C=O) groups is 9. The lowest BCUT2D eigenvalue weighted by Crippen LogP contribution is -2.56. The Morgan fingerprint density at radius 2 is 1.47 bits per heavy atom. The van der Waals surface area contributed by atoms with Crippen molar-refractivity contribution < 1.29 is 62.8 Å². The zero-order chi connectivity index (χ0) is 58.0. The van der Waals surface area contributed by atoms with Crippen molar-refractivity contribution in [2.75, 3.05) is 80.4 Å². The van der Waals surface area contributed by atoms with Crippen LogP contribution in [0, 0.1) is 17.8 Å². The summed E-state index contributed by atoms with van der Waals surface area (Å²) in [4.78, 5) is 133. The maximum Gasteiger partial charge on any atom is 0.327 e. The zero-order valence-electron chi connectivity index (χ0n) is 47.7. The van der Waals surface area contributed by atoms with E-state index in [1.807, 2.05) is 69.8 Å². The van der Waals surface area contributed by atoms with Gasteiger partial charge in [0.1, 0.15) is 18.1 Å². The van der Waals surface area contributed by atoms with Gasteiger partial charge in [-0.2, -0.15) is 0 Å². The first-order valence-electron chi connectivity index (χ1n) is 27.4. The molecule has 3 heterocycles. The third-order valence-electron chi connectivity index (χ3n) is 15.2. The van der Waals surface area contributed by atoms with E-state index in [1.165, 1.54) is 18.9 Å². The van der Waals surface area contributed by atoms with Crippen LogP contribution in [0.1, 0.15) is 105 Å². The third kappa shape index (κ3) is 17.9. The number of amides is 7. The number of guanidine groups is 1. The SMILES string of the molecule is CC[C@H](C)[C@@H]([C@H](CC(=O)N1CCC[C@H]1[C@H](OC)[C@@H](C)C(=O)N[C@@H](Cc1ccccc1)C(=O)O)OC)N(C)C(=O)[C@@H](/N=C(/N(C)C)N1CCN(C(=O)CCCCCN2C(=O)CC(SC[C@H](NC(C)=O)C(=O)O)C2=O)CC1)C(C)C. The van der Waals surface area contributed by atoms with Crippen molar-refractivity contribution in [1.82, 2.24) is 40.0 Å². The molecule has 0 radical (unpaired) electrons. The number of piperazine rings is 1. The number of carboxylic acids is 2. The molecule has 0 spiro atoms. The molecule has 3 saturated heterocycles. The van der Waals surface area contributed by atoms with Gasteiger partial charge in [-0.15, -0.1) is 11.8 Å². The van der Waals surface area contributed by atoms with Gasteiger partial charge in [0.25, 0.3) is 0 Å². The van der Waals surface area contributed by atoms with E-state index in [-0.39, 0.29) is 72.9 Å². The normalized spacial score (nSPS) is 20.1. The van der Waals surface area contributed by atoms with Gasteiger partial charge in [0.05, 0.1) is 41.9 Å². The van der Waals surface area contributed by atoms with Crippen molar-refractivity contribution in [3.05, 3.63) is 35.9 Å². The Morgan fingerprint density at radius 1 is 0.833 bits per heavy atom. The van der Waals surface area contributed by atoms with Crippen molar-refractivity contribution in [3.8, 4) is 0 Å². The Hall–Kier alpha value is -5.81. The third-order valence-corrected chi connectivity index (χ3v) is 16.5. The molecule has 3 fully saturated rings. The number of hydrogen-bond acceptors (Lipinski definition) is 13. The Labute approximate surface area is 464 Å². The second kappa shape index (κ2) is 31.1. The van der Waals surface area contributed by atoms with E-state index < -0.39 is 77.3 Å². The van der Waals surface area contributed by atoms with Crippen LogP contribution >= 0.6 is 11.8 Å². The number of likely N-dealkylation sites (tertiary alicyclic amines) is 2. The summed E-state index contributed by atoms with van der Waals surface area (Å²) in [5.74, 6) is -5.05. The number of carbonyl (C=O) groups excluding carboxylic acids is 7. The summed E-state index contributed by atoms with van der Waals surface area (Å²) in [5, 5.41) is 23.7. The minimum atomic E-state index is -1.22. The minimum absolute atomic E-state index is 0.00406. The first-order chi connectivity index (χ1) is 36.9. The Balaban J connectivity index is 1.35. The fourth-order valence-electron chi connectivity index (χ4n) is 10.6. The quantitative estimate of drug-likeness (QED) is 0.0389. The van der Waals surface area contributed by atoms with Gasteiger partial charge in [-0.1, -0.05) is 77.8 Å².